The van der Waals surface area contributed by atoms with Crippen LogP contribution < -0.4 is 0 Å². The molecular formula is C16H20N4O3. The third-order valence-electron chi connectivity index (χ3n) is 4.67. The minimum atomic E-state index is -0.667. The zero-order valence-electron chi connectivity index (χ0n) is 13.2. The fourth-order valence-electron chi connectivity index (χ4n) is 3.31. The first kappa shape index (κ1) is 14.4. The SMILES string of the molecule is CC(O)c1noc2c1[C@@H](C)CN(C(=O)c1cc(C3CC3)[nH]n1)C2. The molecule has 7 nitrogen and oxygen atoms in total. The third-order valence-corrected chi connectivity index (χ3v) is 4.67. The molecule has 1 fully saturated rings. The van der Waals surface area contributed by atoms with Crippen LogP contribution in [0.5, 0.6) is 0 Å². The van der Waals surface area contributed by atoms with Gasteiger partial charge in [0, 0.05) is 29.6 Å². The maximum absolute atomic E-state index is 12.7. The first-order valence-electron chi connectivity index (χ1n) is 8.05. The van der Waals surface area contributed by atoms with Gasteiger partial charge in [-0.3, -0.25) is 9.89 Å². The summed E-state index contributed by atoms with van der Waals surface area (Å²) in [6.07, 6.45) is 1.67. The Morgan fingerprint density at radius 2 is 2.30 bits per heavy atom. The molecule has 2 atom stereocenters. The maximum Gasteiger partial charge on any atom is 0.274 e. The number of amides is 1. The largest absolute Gasteiger partial charge is 0.387 e. The minimum Gasteiger partial charge on any atom is -0.387 e. The molecule has 2 aromatic rings. The fourth-order valence-corrected chi connectivity index (χ4v) is 3.31. The Balaban J connectivity index is 1.56. The van der Waals surface area contributed by atoms with Crippen LogP contribution in [0, 0.1) is 0 Å². The van der Waals surface area contributed by atoms with Crippen molar-refractivity contribution in [1.82, 2.24) is 20.3 Å². The number of hydrogen-bond acceptors (Lipinski definition) is 5. The number of nitrogens with one attached hydrogen (secondary N) is 1. The van der Waals surface area contributed by atoms with Crippen molar-refractivity contribution < 1.29 is 14.4 Å². The third kappa shape index (κ3) is 2.45. The molecular weight excluding hydrogens is 296 g/mol. The van der Waals surface area contributed by atoms with E-state index in [-0.39, 0.29) is 11.8 Å². The van der Waals surface area contributed by atoms with Gasteiger partial charge in [0.1, 0.15) is 11.4 Å². The van der Waals surface area contributed by atoms with Gasteiger partial charge >= 0.3 is 0 Å². The number of carbonyl (C=O) groups excluding carboxylic acids is 1. The van der Waals surface area contributed by atoms with E-state index in [2.05, 4.69) is 15.4 Å². The Hall–Kier alpha value is -2.15. The van der Waals surface area contributed by atoms with E-state index in [9.17, 15) is 9.90 Å². The van der Waals surface area contributed by atoms with Crippen molar-refractivity contribution in [2.45, 2.75) is 51.2 Å². The van der Waals surface area contributed by atoms with Gasteiger partial charge in [-0.05, 0) is 25.8 Å². The van der Waals surface area contributed by atoms with Crippen LogP contribution in [0.1, 0.15) is 77.8 Å². The second-order valence-electron chi connectivity index (χ2n) is 6.65. The normalized spacial score (nSPS) is 22.0. The molecule has 4 rings (SSSR count). The number of aliphatic hydroxyl groups is 1. The second kappa shape index (κ2) is 5.19. The fraction of sp³-hybridized carbons (Fsp3) is 0.562. The summed E-state index contributed by atoms with van der Waals surface area (Å²) in [5, 5.41) is 20.9. The van der Waals surface area contributed by atoms with Gasteiger partial charge in [0.15, 0.2) is 5.76 Å². The number of fused-ring (bicyclic) bond motifs is 1. The molecule has 0 bridgehead atoms. The molecule has 1 saturated carbocycles. The number of H-pyrrole nitrogens is 1. The summed E-state index contributed by atoms with van der Waals surface area (Å²) in [6, 6.07) is 1.86. The number of aromatic nitrogens is 3. The standard InChI is InChI=1S/C16H20N4O3/c1-8-6-20(7-13-14(8)15(9(2)21)19-23-13)16(22)12-5-11(17-18-12)10-3-4-10/h5,8-10,21H,3-4,6-7H2,1-2H3,(H,17,18)/t8-,9?/m0/s1. The van der Waals surface area contributed by atoms with Crippen LogP contribution in [0.15, 0.2) is 10.6 Å². The lowest BCUT2D eigenvalue weighted by atomic mass is 9.92. The number of hydrogen-bond donors (Lipinski definition) is 2. The molecule has 0 spiro atoms. The summed E-state index contributed by atoms with van der Waals surface area (Å²) >= 11 is 0. The van der Waals surface area contributed by atoms with E-state index in [0.29, 0.717) is 36.2 Å². The van der Waals surface area contributed by atoms with Crippen molar-refractivity contribution in [3.63, 3.8) is 0 Å². The van der Waals surface area contributed by atoms with E-state index in [4.69, 9.17) is 4.52 Å². The first-order valence-corrected chi connectivity index (χ1v) is 8.05. The molecule has 0 aromatic carbocycles. The molecule has 1 amide bonds. The molecule has 0 radical (unpaired) electrons. The van der Waals surface area contributed by atoms with Gasteiger partial charge in [-0.25, -0.2) is 0 Å². The number of rotatable bonds is 3. The van der Waals surface area contributed by atoms with Crippen molar-refractivity contribution in [1.29, 1.82) is 0 Å². The van der Waals surface area contributed by atoms with Crippen molar-refractivity contribution in [2.24, 2.45) is 0 Å². The van der Waals surface area contributed by atoms with Crippen LogP contribution in [0.25, 0.3) is 0 Å². The van der Waals surface area contributed by atoms with Crippen LogP contribution in [0.4, 0.5) is 0 Å². The van der Waals surface area contributed by atoms with Crippen LogP contribution in [-0.4, -0.2) is 37.8 Å². The summed E-state index contributed by atoms with van der Waals surface area (Å²) in [5.41, 5.74) is 3.02. The summed E-state index contributed by atoms with van der Waals surface area (Å²) in [7, 11) is 0. The summed E-state index contributed by atoms with van der Waals surface area (Å²) < 4.78 is 5.36. The van der Waals surface area contributed by atoms with Gasteiger partial charge in [0.2, 0.25) is 0 Å². The Kier molecular flexibility index (Phi) is 3.26. The lowest BCUT2D eigenvalue weighted by Gasteiger charge is -2.29. The van der Waals surface area contributed by atoms with E-state index in [1.807, 2.05) is 13.0 Å². The van der Waals surface area contributed by atoms with Crippen LogP contribution in [0.2, 0.25) is 0 Å². The van der Waals surface area contributed by atoms with Crippen LogP contribution in [0.3, 0.4) is 0 Å². The van der Waals surface area contributed by atoms with E-state index < -0.39 is 6.10 Å². The number of nitrogens with zero attached hydrogens (tertiary/aromatic N) is 3. The number of aliphatic hydroxyl groups excluding tert-OH is 1. The number of carbonyl (C=O) groups is 1. The second-order valence-corrected chi connectivity index (χ2v) is 6.65. The zero-order valence-corrected chi connectivity index (χ0v) is 13.2. The monoisotopic (exact) mass is 316 g/mol. The van der Waals surface area contributed by atoms with Crippen molar-refractivity contribution in [2.75, 3.05) is 6.54 Å². The molecule has 1 aliphatic carbocycles. The van der Waals surface area contributed by atoms with E-state index in [1.54, 1.807) is 11.8 Å². The molecule has 0 saturated heterocycles. The molecule has 7 heteroatoms. The molecule has 3 heterocycles. The first-order chi connectivity index (χ1) is 11.0. The highest BCUT2D eigenvalue weighted by atomic mass is 16.5. The average molecular weight is 316 g/mol. The quantitative estimate of drug-likeness (QED) is 0.904. The minimum absolute atomic E-state index is 0.0698. The van der Waals surface area contributed by atoms with Gasteiger partial charge in [0.25, 0.3) is 5.91 Å². The average Bonchev–Trinajstić information content (AvgIpc) is 3.09. The Morgan fingerprint density at radius 1 is 1.52 bits per heavy atom. The molecule has 1 aliphatic heterocycles. The van der Waals surface area contributed by atoms with Crippen molar-refractivity contribution in [3.8, 4) is 0 Å². The van der Waals surface area contributed by atoms with Crippen molar-refractivity contribution in [3.05, 3.63) is 34.5 Å². The highest BCUT2D eigenvalue weighted by molar-refractivity contribution is 5.92. The topological polar surface area (TPSA) is 95.3 Å². The molecule has 122 valence electrons. The summed E-state index contributed by atoms with van der Waals surface area (Å²) in [5.74, 6) is 1.17. The van der Waals surface area contributed by atoms with Gasteiger partial charge in [-0.15, -0.1) is 0 Å². The lowest BCUT2D eigenvalue weighted by Crippen LogP contribution is -2.37. The van der Waals surface area contributed by atoms with E-state index in [0.717, 1.165) is 11.3 Å². The predicted molar refractivity (Wildman–Crippen MR) is 80.9 cm³/mol. The molecule has 2 N–H and O–H groups in total. The van der Waals surface area contributed by atoms with Gasteiger partial charge < -0.3 is 14.5 Å². The van der Waals surface area contributed by atoms with E-state index in [1.165, 1.54) is 12.8 Å². The van der Waals surface area contributed by atoms with Gasteiger partial charge in [0.05, 0.1) is 12.6 Å². The van der Waals surface area contributed by atoms with Crippen LogP contribution >= 0.6 is 0 Å². The van der Waals surface area contributed by atoms with Crippen molar-refractivity contribution >= 4 is 5.91 Å². The zero-order chi connectivity index (χ0) is 16.1. The smallest absolute Gasteiger partial charge is 0.274 e. The Morgan fingerprint density at radius 3 is 3.00 bits per heavy atom. The maximum atomic E-state index is 12.7. The number of aromatic amines is 1. The highest BCUT2D eigenvalue weighted by Gasteiger charge is 2.34. The predicted octanol–water partition coefficient (Wildman–Crippen LogP) is 2.09. The molecule has 1 unspecified atom stereocenters. The lowest BCUT2D eigenvalue weighted by molar-refractivity contribution is 0.0694. The summed E-state index contributed by atoms with van der Waals surface area (Å²) in [6.45, 7) is 4.62. The summed E-state index contributed by atoms with van der Waals surface area (Å²) in [4.78, 5) is 14.4. The molecule has 2 aliphatic rings. The molecule has 23 heavy (non-hydrogen) atoms. The van der Waals surface area contributed by atoms with Gasteiger partial charge in [-0.1, -0.05) is 12.1 Å². The van der Waals surface area contributed by atoms with Crippen LogP contribution in [-0.2, 0) is 6.54 Å². The van der Waals surface area contributed by atoms with E-state index >= 15 is 0 Å². The Bertz CT molecular complexity index is 744. The molecule has 2 aromatic heterocycles. The Labute approximate surface area is 133 Å². The highest BCUT2D eigenvalue weighted by Crippen LogP contribution is 2.39. The van der Waals surface area contributed by atoms with Gasteiger partial charge in [-0.2, -0.15) is 5.10 Å².